The Kier molecular flexibility index (Phi) is 3.37. The molecule has 0 bridgehead atoms. The molecule has 1 saturated heterocycles. The van der Waals surface area contributed by atoms with Gasteiger partial charge in [-0.15, -0.1) is 0 Å². The minimum absolute atomic E-state index is 0.246. The number of hydrogen-bond donors (Lipinski definition) is 1. The molecule has 3 rings (SSSR count). The smallest absolute Gasteiger partial charge is 0.487 e. The quantitative estimate of drug-likeness (QED) is 0.868. The number of halogens is 1. The van der Waals surface area contributed by atoms with Gasteiger partial charge in [-0.3, -0.25) is 0 Å². The zero-order valence-corrected chi connectivity index (χ0v) is 13.6. The van der Waals surface area contributed by atoms with E-state index in [4.69, 9.17) is 14.0 Å². The second-order valence-corrected chi connectivity index (χ2v) is 7.44. The van der Waals surface area contributed by atoms with Gasteiger partial charge in [-0.1, -0.05) is 0 Å². The van der Waals surface area contributed by atoms with Gasteiger partial charge in [-0.05, 0) is 52.8 Å². The van der Waals surface area contributed by atoms with Crippen LogP contribution in [0.2, 0.25) is 0 Å². The predicted molar refractivity (Wildman–Crippen MR) is 81.8 cm³/mol. The average molecular weight is 308 g/mol. The van der Waals surface area contributed by atoms with Crippen LogP contribution in [0.1, 0.15) is 41.0 Å². The van der Waals surface area contributed by atoms with Crippen LogP contribution in [0.5, 0.6) is 5.75 Å². The summed E-state index contributed by atoms with van der Waals surface area (Å²) >= 11 is 0. The lowest BCUT2D eigenvalue weighted by Gasteiger charge is -2.32. The summed E-state index contributed by atoms with van der Waals surface area (Å²) < 4.78 is 31.6. The zero-order chi connectivity index (χ0) is 16.3. The van der Waals surface area contributed by atoms with Gasteiger partial charge in [0, 0.05) is 11.9 Å². The standard InChI is InChI=1S/C16H22BFO4/c1-14(2)15(3,4)22-17(21-14)11-8-10(6-7-12(11)18)20-13-9-16(13,5)19/h6-8,13,19H,9H2,1-5H3. The van der Waals surface area contributed by atoms with E-state index in [0.717, 1.165) is 0 Å². The highest BCUT2D eigenvalue weighted by Crippen LogP contribution is 2.39. The summed E-state index contributed by atoms with van der Waals surface area (Å²) in [6.07, 6.45) is 0.333. The average Bonchev–Trinajstić information content (AvgIpc) is 2.89. The van der Waals surface area contributed by atoms with E-state index in [0.29, 0.717) is 17.6 Å². The molecule has 1 N–H and O–H groups in total. The molecule has 0 spiro atoms. The molecule has 0 amide bonds. The maximum Gasteiger partial charge on any atom is 0.497 e. The second kappa shape index (κ2) is 4.70. The van der Waals surface area contributed by atoms with Crippen LogP contribution in [-0.2, 0) is 9.31 Å². The van der Waals surface area contributed by atoms with Gasteiger partial charge in [0.25, 0.3) is 0 Å². The van der Waals surface area contributed by atoms with Crippen LogP contribution in [0.15, 0.2) is 18.2 Å². The van der Waals surface area contributed by atoms with E-state index in [1.54, 1.807) is 19.1 Å². The van der Waals surface area contributed by atoms with E-state index in [-0.39, 0.29) is 6.10 Å². The number of rotatable bonds is 3. The Morgan fingerprint density at radius 1 is 1.18 bits per heavy atom. The molecule has 2 atom stereocenters. The summed E-state index contributed by atoms with van der Waals surface area (Å²) in [5.41, 5.74) is -1.53. The summed E-state index contributed by atoms with van der Waals surface area (Å²) in [6, 6.07) is 4.48. The Balaban J connectivity index is 1.82. The molecule has 1 aliphatic heterocycles. The van der Waals surface area contributed by atoms with E-state index in [1.165, 1.54) is 6.07 Å². The molecule has 6 heteroatoms. The van der Waals surface area contributed by atoms with Crippen LogP contribution in [0.3, 0.4) is 0 Å². The van der Waals surface area contributed by atoms with Gasteiger partial charge in [0.05, 0.1) is 11.2 Å². The third-order valence-corrected chi connectivity index (χ3v) is 4.89. The van der Waals surface area contributed by atoms with E-state index >= 15 is 0 Å². The van der Waals surface area contributed by atoms with Crippen molar-refractivity contribution in [3.8, 4) is 5.75 Å². The first-order valence-electron chi connectivity index (χ1n) is 7.56. The van der Waals surface area contributed by atoms with Crippen molar-refractivity contribution < 1.29 is 23.5 Å². The lowest BCUT2D eigenvalue weighted by molar-refractivity contribution is 0.00578. The Labute approximate surface area is 130 Å². The number of hydrogen-bond acceptors (Lipinski definition) is 4. The number of aliphatic hydroxyl groups is 1. The molecule has 1 heterocycles. The van der Waals surface area contributed by atoms with Gasteiger partial charge in [-0.25, -0.2) is 4.39 Å². The first kappa shape index (κ1) is 15.8. The predicted octanol–water partition coefficient (Wildman–Crippen LogP) is 2.03. The van der Waals surface area contributed by atoms with Crippen LogP contribution < -0.4 is 10.2 Å². The van der Waals surface area contributed by atoms with E-state index < -0.39 is 29.7 Å². The highest BCUT2D eigenvalue weighted by Gasteiger charge is 2.53. The molecular formula is C16H22BFO4. The Morgan fingerprint density at radius 2 is 1.73 bits per heavy atom. The summed E-state index contributed by atoms with van der Waals surface area (Å²) in [4.78, 5) is 0. The van der Waals surface area contributed by atoms with Crippen molar-refractivity contribution in [3.05, 3.63) is 24.0 Å². The second-order valence-electron chi connectivity index (χ2n) is 7.44. The lowest BCUT2D eigenvalue weighted by atomic mass is 9.78. The molecule has 2 aliphatic rings. The third-order valence-electron chi connectivity index (χ3n) is 4.89. The fourth-order valence-corrected chi connectivity index (χ4v) is 2.40. The van der Waals surface area contributed by atoms with Gasteiger partial charge < -0.3 is 19.2 Å². The topological polar surface area (TPSA) is 47.9 Å². The Morgan fingerprint density at radius 3 is 2.23 bits per heavy atom. The molecule has 1 aromatic rings. The molecule has 1 saturated carbocycles. The maximum atomic E-state index is 14.2. The van der Waals surface area contributed by atoms with Crippen LogP contribution in [0.4, 0.5) is 4.39 Å². The van der Waals surface area contributed by atoms with Crippen molar-refractivity contribution >= 4 is 12.6 Å². The van der Waals surface area contributed by atoms with Crippen molar-refractivity contribution in [2.24, 2.45) is 0 Å². The largest absolute Gasteiger partial charge is 0.497 e. The Bertz CT molecular complexity index is 584. The van der Waals surface area contributed by atoms with Gasteiger partial charge in [0.15, 0.2) is 0 Å². The number of ether oxygens (including phenoxy) is 1. The zero-order valence-electron chi connectivity index (χ0n) is 13.6. The minimum atomic E-state index is -0.793. The van der Waals surface area contributed by atoms with Gasteiger partial charge in [0.1, 0.15) is 23.3 Å². The highest BCUT2D eigenvalue weighted by molar-refractivity contribution is 6.62. The first-order valence-corrected chi connectivity index (χ1v) is 7.56. The van der Waals surface area contributed by atoms with Crippen LogP contribution >= 0.6 is 0 Å². The van der Waals surface area contributed by atoms with Crippen molar-refractivity contribution in [1.82, 2.24) is 0 Å². The molecule has 0 aromatic heterocycles. The van der Waals surface area contributed by atoms with Crippen molar-refractivity contribution in [2.45, 2.75) is 63.9 Å². The number of benzene rings is 1. The van der Waals surface area contributed by atoms with Crippen molar-refractivity contribution in [1.29, 1.82) is 0 Å². The summed E-state index contributed by atoms with van der Waals surface area (Å²) in [5.74, 6) is 0.113. The normalized spacial score (nSPS) is 32.1. The van der Waals surface area contributed by atoms with E-state index in [9.17, 15) is 9.50 Å². The lowest BCUT2D eigenvalue weighted by Crippen LogP contribution is -2.41. The van der Waals surface area contributed by atoms with Crippen molar-refractivity contribution in [3.63, 3.8) is 0 Å². The molecule has 0 radical (unpaired) electrons. The fraction of sp³-hybridized carbons (Fsp3) is 0.625. The summed E-state index contributed by atoms with van der Waals surface area (Å²) in [6.45, 7) is 9.41. The molecule has 2 fully saturated rings. The fourth-order valence-electron chi connectivity index (χ4n) is 2.40. The van der Waals surface area contributed by atoms with E-state index in [2.05, 4.69) is 0 Å². The molecule has 120 valence electrons. The monoisotopic (exact) mass is 308 g/mol. The Hall–Kier alpha value is -1.11. The van der Waals surface area contributed by atoms with E-state index in [1.807, 2.05) is 27.7 Å². The molecule has 1 aromatic carbocycles. The van der Waals surface area contributed by atoms with Crippen molar-refractivity contribution in [2.75, 3.05) is 0 Å². The highest BCUT2D eigenvalue weighted by atomic mass is 19.1. The minimum Gasteiger partial charge on any atom is -0.487 e. The van der Waals surface area contributed by atoms with Crippen LogP contribution in [0.25, 0.3) is 0 Å². The summed E-state index contributed by atoms with van der Waals surface area (Å²) in [5, 5.41) is 9.78. The first-order chi connectivity index (χ1) is 10.0. The van der Waals surface area contributed by atoms with Gasteiger partial charge in [0.2, 0.25) is 0 Å². The molecule has 2 unspecified atom stereocenters. The molecule has 22 heavy (non-hydrogen) atoms. The third kappa shape index (κ3) is 2.64. The molecule has 4 nitrogen and oxygen atoms in total. The summed E-state index contributed by atoms with van der Waals surface area (Å²) in [7, 11) is -0.770. The van der Waals surface area contributed by atoms with Crippen LogP contribution in [-0.4, -0.2) is 35.1 Å². The maximum absolute atomic E-state index is 14.2. The molecular weight excluding hydrogens is 286 g/mol. The SMILES string of the molecule is CC1(O)CC1Oc1ccc(F)c(B2OC(C)(C)C(C)(C)O2)c1. The van der Waals surface area contributed by atoms with Gasteiger partial charge >= 0.3 is 7.12 Å². The van der Waals surface area contributed by atoms with Gasteiger partial charge in [-0.2, -0.15) is 0 Å². The van der Waals surface area contributed by atoms with Crippen LogP contribution in [0, 0.1) is 5.82 Å². The molecule has 1 aliphatic carbocycles.